The number of ether oxygens (including phenoxy) is 2. The zero-order chi connectivity index (χ0) is 24.9. The number of rotatable bonds is 6. The SMILES string of the molecule is O=C1COc2ccc(CNC34CCC(C(O)Cn5c(=O)ccc6ncc(F)cc65)(CC3)OC4)nc2N1. The van der Waals surface area contributed by atoms with Gasteiger partial charge in [-0.15, -0.1) is 0 Å². The predicted octanol–water partition coefficient (Wildman–Crippen LogP) is 1.49. The Kier molecular flexibility index (Phi) is 5.51. The minimum absolute atomic E-state index is 0.00538. The molecule has 0 aromatic carbocycles. The smallest absolute Gasteiger partial charge is 0.263 e. The first-order valence-corrected chi connectivity index (χ1v) is 12.0. The number of amides is 1. The van der Waals surface area contributed by atoms with Gasteiger partial charge in [0.05, 0.1) is 41.7 Å². The van der Waals surface area contributed by atoms with Gasteiger partial charge < -0.3 is 29.8 Å². The lowest BCUT2D eigenvalue weighted by Crippen LogP contribution is -2.65. The Hall–Kier alpha value is -3.41. The van der Waals surface area contributed by atoms with Crippen LogP contribution in [-0.2, 0) is 22.6 Å². The fraction of sp³-hybridized carbons (Fsp3) is 0.440. The summed E-state index contributed by atoms with van der Waals surface area (Å²) >= 11 is 0. The summed E-state index contributed by atoms with van der Waals surface area (Å²) in [5, 5.41) is 17.5. The summed E-state index contributed by atoms with van der Waals surface area (Å²) in [5.74, 6) is 0.208. The van der Waals surface area contributed by atoms with Crippen LogP contribution in [0, 0.1) is 5.82 Å². The molecule has 3 aromatic heterocycles. The van der Waals surface area contributed by atoms with E-state index < -0.39 is 17.5 Å². The first-order chi connectivity index (χ1) is 17.3. The summed E-state index contributed by atoms with van der Waals surface area (Å²) in [6.07, 6.45) is 2.98. The van der Waals surface area contributed by atoms with Gasteiger partial charge in [-0.2, -0.15) is 0 Å². The molecule has 7 rings (SSSR count). The molecule has 188 valence electrons. The monoisotopic (exact) mass is 495 g/mol. The van der Waals surface area contributed by atoms with E-state index in [4.69, 9.17) is 9.47 Å². The highest BCUT2D eigenvalue weighted by molar-refractivity contribution is 5.94. The molecule has 1 unspecified atom stereocenters. The third kappa shape index (κ3) is 4.02. The molecule has 3 aromatic rings. The van der Waals surface area contributed by atoms with E-state index in [0.29, 0.717) is 48.6 Å². The molecular formula is C25H26FN5O5. The molecule has 2 bridgehead atoms. The number of pyridine rings is 3. The van der Waals surface area contributed by atoms with E-state index in [-0.39, 0.29) is 30.2 Å². The number of halogens is 1. The zero-order valence-electron chi connectivity index (χ0n) is 19.5. The van der Waals surface area contributed by atoms with Crippen molar-refractivity contribution < 1.29 is 23.8 Å². The van der Waals surface area contributed by atoms with Gasteiger partial charge in [0.15, 0.2) is 18.2 Å². The summed E-state index contributed by atoms with van der Waals surface area (Å²) in [6.45, 7) is 0.888. The van der Waals surface area contributed by atoms with Crippen LogP contribution in [-0.4, -0.2) is 56.0 Å². The number of aliphatic hydroxyl groups is 1. The lowest BCUT2D eigenvalue weighted by molar-refractivity contribution is -0.211. The molecular weight excluding hydrogens is 469 g/mol. The summed E-state index contributed by atoms with van der Waals surface area (Å²) in [7, 11) is 0. The van der Waals surface area contributed by atoms with Crippen LogP contribution in [0.3, 0.4) is 0 Å². The molecule has 1 atom stereocenters. The van der Waals surface area contributed by atoms with Crippen molar-refractivity contribution >= 4 is 22.8 Å². The minimum atomic E-state index is -0.937. The Labute approximate surface area is 205 Å². The number of hydrogen-bond donors (Lipinski definition) is 3. The first kappa shape index (κ1) is 23.0. The maximum Gasteiger partial charge on any atom is 0.263 e. The molecule has 0 spiro atoms. The standard InChI is InChI=1S/C25H26FN5O5/c26-15-9-18-17(27-10-15)2-4-22(34)31(18)12-20(32)25-7-5-24(6-8-25,14-36-25)28-11-16-1-3-19-23(29-16)30-21(33)13-35-19/h1-4,9-10,20,28,32H,5-8,11-14H2,(H,29,30,33). The number of nitrogens with one attached hydrogen (secondary N) is 2. The van der Waals surface area contributed by atoms with Crippen LogP contribution >= 0.6 is 0 Å². The van der Waals surface area contributed by atoms with Gasteiger partial charge in [0.25, 0.3) is 11.5 Å². The largest absolute Gasteiger partial charge is 0.480 e. The Morgan fingerprint density at radius 2 is 2.03 bits per heavy atom. The van der Waals surface area contributed by atoms with E-state index >= 15 is 0 Å². The van der Waals surface area contributed by atoms with Crippen molar-refractivity contribution in [2.75, 3.05) is 18.5 Å². The number of carbonyl (C=O) groups is 1. The number of aliphatic hydroxyl groups excluding tert-OH is 1. The van der Waals surface area contributed by atoms with Crippen LogP contribution < -0.4 is 20.9 Å². The van der Waals surface area contributed by atoms with Crippen LogP contribution in [0.1, 0.15) is 31.4 Å². The van der Waals surface area contributed by atoms with Gasteiger partial charge in [0.1, 0.15) is 11.9 Å². The topological polar surface area (TPSA) is 128 Å². The molecule has 1 aliphatic carbocycles. The van der Waals surface area contributed by atoms with E-state index in [1.807, 2.05) is 6.07 Å². The molecule has 2 saturated heterocycles. The number of carbonyl (C=O) groups excluding carboxylic acids is 1. The molecule has 3 aliphatic heterocycles. The second kappa shape index (κ2) is 8.61. The molecule has 0 radical (unpaired) electrons. The molecule has 1 saturated carbocycles. The highest BCUT2D eigenvalue weighted by Gasteiger charge is 2.53. The second-order valence-electron chi connectivity index (χ2n) is 9.83. The van der Waals surface area contributed by atoms with Gasteiger partial charge in [-0.3, -0.25) is 14.6 Å². The second-order valence-corrected chi connectivity index (χ2v) is 9.83. The predicted molar refractivity (Wildman–Crippen MR) is 127 cm³/mol. The molecule has 36 heavy (non-hydrogen) atoms. The lowest BCUT2D eigenvalue weighted by Gasteiger charge is -2.55. The van der Waals surface area contributed by atoms with Crippen molar-refractivity contribution in [1.82, 2.24) is 19.9 Å². The number of fused-ring (bicyclic) bond motifs is 5. The molecule has 11 heteroatoms. The van der Waals surface area contributed by atoms with Gasteiger partial charge in [0.2, 0.25) is 0 Å². The summed E-state index contributed by atoms with van der Waals surface area (Å²) in [4.78, 5) is 32.7. The molecule has 3 fully saturated rings. The summed E-state index contributed by atoms with van der Waals surface area (Å²) in [6, 6.07) is 7.85. The quantitative estimate of drug-likeness (QED) is 0.470. The van der Waals surface area contributed by atoms with Crippen LogP contribution in [0.15, 0.2) is 41.3 Å². The van der Waals surface area contributed by atoms with Crippen LogP contribution in [0.4, 0.5) is 10.2 Å². The van der Waals surface area contributed by atoms with Crippen molar-refractivity contribution in [3.63, 3.8) is 0 Å². The third-order valence-corrected chi connectivity index (χ3v) is 7.63. The number of aromatic nitrogens is 3. The van der Waals surface area contributed by atoms with Crippen molar-refractivity contribution in [3.05, 3.63) is 58.4 Å². The van der Waals surface area contributed by atoms with Gasteiger partial charge in [0, 0.05) is 24.2 Å². The fourth-order valence-corrected chi connectivity index (χ4v) is 5.43. The van der Waals surface area contributed by atoms with Crippen molar-refractivity contribution in [3.8, 4) is 5.75 Å². The molecule has 4 aliphatic rings. The van der Waals surface area contributed by atoms with Gasteiger partial charge >= 0.3 is 0 Å². The van der Waals surface area contributed by atoms with E-state index in [1.165, 1.54) is 16.7 Å². The van der Waals surface area contributed by atoms with Crippen molar-refractivity contribution in [1.29, 1.82) is 0 Å². The fourth-order valence-electron chi connectivity index (χ4n) is 5.43. The van der Waals surface area contributed by atoms with Crippen LogP contribution in [0.2, 0.25) is 0 Å². The first-order valence-electron chi connectivity index (χ1n) is 12.0. The maximum absolute atomic E-state index is 13.8. The third-order valence-electron chi connectivity index (χ3n) is 7.63. The van der Waals surface area contributed by atoms with Crippen LogP contribution in [0.5, 0.6) is 5.75 Å². The highest BCUT2D eigenvalue weighted by Crippen LogP contribution is 2.46. The Morgan fingerprint density at radius 1 is 1.19 bits per heavy atom. The Bertz CT molecular complexity index is 1380. The van der Waals surface area contributed by atoms with Gasteiger partial charge in [-0.25, -0.2) is 9.37 Å². The average Bonchev–Trinajstić information content (AvgIpc) is 2.90. The van der Waals surface area contributed by atoms with Gasteiger partial charge in [-0.1, -0.05) is 0 Å². The summed E-state index contributed by atoms with van der Waals surface area (Å²) in [5.41, 5.74) is 0.262. The van der Waals surface area contributed by atoms with E-state index in [9.17, 15) is 19.1 Å². The van der Waals surface area contributed by atoms with E-state index in [1.54, 1.807) is 12.1 Å². The molecule has 1 amide bonds. The number of hydrogen-bond acceptors (Lipinski definition) is 8. The molecule has 3 N–H and O–H groups in total. The zero-order valence-corrected chi connectivity index (χ0v) is 19.5. The minimum Gasteiger partial charge on any atom is -0.480 e. The molecule has 6 heterocycles. The maximum atomic E-state index is 13.8. The lowest BCUT2D eigenvalue weighted by atomic mass is 9.69. The Balaban J connectivity index is 1.13. The van der Waals surface area contributed by atoms with Gasteiger partial charge in [-0.05, 0) is 43.9 Å². The van der Waals surface area contributed by atoms with E-state index in [0.717, 1.165) is 24.7 Å². The highest BCUT2D eigenvalue weighted by atomic mass is 19.1. The van der Waals surface area contributed by atoms with Crippen molar-refractivity contribution in [2.45, 2.75) is 56.0 Å². The van der Waals surface area contributed by atoms with E-state index in [2.05, 4.69) is 20.6 Å². The summed E-state index contributed by atoms with van der Waals surface area (Å²) < 4.78 is 26.8. The Morgan fingerprint density at radius 3 is 2.81 bits per heavy atom. The molecule has 10 nitrogen and oxygen atoms in total. The average molecular weight is 496 g/mol. The van der Waals surface area contributed by atoms with Crippen LogP contribution in [0.25, 0.3) is 11.0 Å². The number of nitrogens with zero attached hydrogens (tertiary/aromatic N) is 3. The number of anilines is 1. The van der Waals surface area contributed by atoms with Crippen molar-refractivity contribution in [2.24, 2.45) is 0 Å². The normalized spacial score (nSPS) is 25.8.